The van der Waals surface area contributed by atoms with Crippen molar-refractivity contribution >= 4 is 23.8 Å². The van der Waals surface area contributed by atoms with Gasteiger partial charge in [0.1, 0.15) is 11.5 Å². The second-order valence-corrected chi connectivity index (χ2v) is 7.76. The molecule has 1 aliphatic rings. The fraction of sp³-hybridized carbons (Fsp3) is 0.192. The average molecular weight is 444 g/mol. The molecule has 0 atom stereocenters. The number of hydrogen-bond acceptors (Lipinski definition) is 4. The molecule has 0 spiro atoms. The van der Waals surface area contributed by atoms with Gasteiger partial charge in [-0.3, -0.25) is 14.4 Å². The van der Waals surface area contributed by atoms with Gasteiger partial charge in [-0.1, -0.05) is 42.5 Å². The van der Waals surface area contributed by atoms with Crippen molar-refractivity contribution in [3.63, 3.8) is 0 Å². The molecule has 0 radical (unpaired) electrons. The first-order valence-electron chi connectivity index (χ1n) is 10.8. The molecule has 0 aliphatic carbocycles. The van der Waals surface area contributed by atoms with E-state index in [0.29, 0.717) is 24.3 Å². The zero-order chi connectivity index (χ0) is 23.0. The van der Waals surface area contributed by atoms with Crippen LogP contribution >= 0.6 is 0 Å². The quantitative estimate of drug-likeness (QED) is 0.522. The summed E-state index contributed by atoms with van der Waals surface area (Å²) in [5, 5.41) is 5.56. The summed E-state index contributed by atoms with van der Waals surface area (Å²) < 4.78 is 5.32. The summed E-state index contributed by atoms with van der Waals surface area (Å²) in [4.78, 5) is 39.5. The summed E-state index contributed by atoms with van der Waals surface area (Å²) in [6.07, 6.45) is 4.45. The minimum Gasteiger partial charge on any atom is -0.465 e. The Bertz CT molecular complexity index is 1150. The molecule has 168 valence electrons. The van der Waals surface area contributed by atoms with Crippen LogP contribution < -0.4 is 10.6 Å². The van der Waals surface area contributed by atoms with Gasteiger partial charge in [-0.2, -0.15) is 0 Å². The third kappa shape index (κ3) is 5.77. The number of rotatable bonds is 8. The lowest BCUT2D eigenvalue weighted by molar-refractivity contribution is -0.128. The van der Waals surface area contributed by atoms with Crippen LogP contribution in [-0.4, -0.2) is 29.2 Å². The normalized spacial score (nSPS) is 13.8. The van der Waals surface area contributed by atoms with Gasteiger partial charge < -0.3 is 20.0 Å². The van der Waals surface area contributed by atoms with Crippen molar-refractivity contribution < 1.29 is 18.8 Å². The first kappa shape index (κ1) is 22.1. The van der Waals surface area contributed by atoms with E-state index in [9.17, 15) is 14.4 Å². The fourth-order valence-electron chi connectivity index (χ4n) is 3.69. The molecule has 2 heterocycles. The van der Waals surface area contributed by atoms with Crippen LogP contribution in [0.2, 0.25) is 0 Å². The Morgan fingerprint density at radius 2 is 1.73 bits per heavy atom. The van der Waals surface area contributed by atoms with Gasteiger partial charge in [0, 0.05) is 37.7 Å². The second-order valence-electron chi connectivity index (χ2n) is 7.76. The molecule has 3 amide bonds. The van der Waals surface area contributed by atoms with Gasteiger partial charge >= 0.3 is 0 Å². The van der Waals surface area contributed by atoms with Gasteiger partial charge in [0.05, 0.1) is 6.26 Å². The number of amides is 3. The van der Waals surface area contributed by atoms with Gasteiger partial charge in [-0.05, 0) is 41.8 Å². The first-order valence-corrected chi connectivity index (χ1v) is 10.8. The van der Waals surface area contributed by atoms with Gasteiger partial charge in [0.25, 0.3) is 11.8 Å². The largest absolute Gasteiger partial charge is 0.465 e. The molecular weight excluding hydrogens is 418 g/mol. The predicted octanol–water partition coefficient (Wildman–Crippen LogP) is 3.49. The molecule has 7 heteroatoms. The van der Waals surface area contributed by atoms with Crippen LogP contribution in [0.25, 0.3) is 6.08 Å². The monoisotopic (exact) mass is 443 g/mol. The molecule has 2 aromatic carbocycles. The zero-order valence-electron chi connectivity index (χ0n) is 18.1. The van der Waals surface area contributed by atoms with Crippen LogP contribution in [-0.2, 0) is 22.7 Å². The van der Waals surface area contributed by atoms with E-state index in [0.717, 1.165) is 24.1 Å². The molecular formula is C26H25N3O4. The molecule has 1 aliphatic heterocycles. The number of benzene rings is 2. The van der Waals surface area contributed by atoms with Gasteiger partial charge in [-0.25, -0.2) is 0 Å². The lowest BCUT2D eigenvalue weighted by Gasteiger charge is -2.18. The molecule has 1 saturated heterocycles. The summed E-state index contributed by atoms with van der Waals surface area (Å²) in [6.45, 7) is 1.53. The Labute approximate surface area is 192 Å². The van der Waals surface area contributed by atoms with Crippen molar-refractivity contribution in [2.45, 2.75) is 25.9 Å². The minimum atomic E-state index is -0.442. The summed E-state index contributed by atoms with van der Waals surface area (Å²) in [7, 11) is 0. The SMILES string of the molecule is O=C(NCc1ccccc1CN1CCCC1=O)/C(=C/c1ccco1)NC(=O)c1ccccc1. The molecule has 4 rings (SSSR count). The van der Waals surface area contributed by atoms with Crippen LogP contribution in [0.5, 0.6) is 0 Å². The Hall–Kier alpha value is -4.13. The summed E-state index contributed by atoms with van der Waals surface area (Å²) in [6, 6.07) is 19.8. The maximum atomic E-state index is 13.0. The van der Waals surface area contributed by atoms with Gasteiger partial charge in [-0.15, -0.1) is 0 Å². The van der Waals surface area contributed by atoms with E-state index < -0.39 is 11.8 Å². The van der Waals surface area contributed by atoms with Crippen molar-refractivity contribution in [2.24, 2.45) is 0 Å². The van der Waals surface area contributed by atoms with Crippen molar-refractivity contribution in [1.29, 1.82) is 0 Å². The smallest absolute Gasteiger partial charge is 0.268 e. The molecule has 3 aromatic rings. The van der Waals surface area contributed by atoms with E-state index >= 15 is 0 Å². The average Bonchev–Trinajstić information content (AvgIpc) is 3.50. The molecule has 0 saturated carbocycles. The van der Waals surface area contributed by atoms with Crippen molar-refractivity contribution in [3.8, 4) is 0 Å². The Kier molecular flexibility index (Phi) is 6.99. The highest BCUT2D eigenvalue weighted by atomic mass is 16.3. The summed E-state index contributed by atoms with van der Waals surface area (Å²) >= 11 is 0. The third-order valence-corrected chi connectivity index (χ3v) is 5.45. The predicted molar refractivity (Wildman–Crippen MR) is 124 cm³/mol. The second kappa shape index (κ2) is 10.5. The molecule has 0 bridgehead atoms. The molecule has 2 N–H and O–H groups in total. The first-order chi connectivity index (χ1) is 16.1. The Morgan fingerprint density at radius 1 is 0.970 bits per heavy atom. The molecule has 1 fully saturated rings. The molecule has 33 heavy (non-hydrogen) atoms. The highest BCUT2D eigenvalue weighted by Crippen LogP contribution is 2.17. The van der Waals surface area contributed by atoms with Crippen molar-refractivity contribution in [1.82, 2.24) is 15.5 Å². The number of nitrogens with one attached hydrogen (secondary N) is 2. The van der Waals surface area contributed by atoms with E-state index in [2.05, 4.69) is 10.6 Å². The van der Waals surface area contributed by atoms with E-state index in [4.69, 9.17) is 4.42 Å². The highest BCUT2D eigenvalue weighted by molar-refractivity contribution is 6.05. The Balaban J connectivity index is 1.47. The zero-order valence-corrected chi connectivity index (χ0v) is 18.1. The standard InChI is InChI=1S/C26H25N3O4/c30-24-13-6-14-29(24)18-21-11-5-4-10-20(21)17-27-26(32)23(16-22-12-7-15-33-22)28-25(31)19-8-2-1-3-9-19/h1-5,7-12,15-16H,6,13-14,17-18H2,(H,27,32)(H,28,31)/b23-16-. The van der Waals surface area contributed by atoms with Crippen LogP contribution in [0.3, 0.4) is 0 Å². The number of carbonyl (C=O) groups is 3. The van der Waals surface area contributed by atoms with E-state index in [1.807, 2.05) is 35.2 Å². The topological polar surface area (TPSA) is 91.7 Å². The number of likely N-dealkylation sites (tertiary alicyclic amines) is 1. The van der Waals surface area contributed by atoms with Crippen LogP contribution in [0.15, 0.2) is 83.1 Å². The fourth-order valence-corrected chi connectivity index (χ4v) is 3.69. The van der Waals surface area contributed by atoms with Gasteiger partial charge in [0.15, 0.2) is 0 Å². The van der Waals surface area contributed by atoms with Crippen molar-refractivity contribution in [3.05, 3.63) is 101 Å². The van der Waals surface area contributed by atoms with Crippen molar-refractivity contribution in [2.75, 3.05) is 6.54 Å². The lowest BCUT2D eigenvalue weighted by Crippen LogP contribution is -2.35. The molecule has 1 aromatic heterocycles. The maximum absolute atomic E-state index is 13.0. The minimum absolute atomic E-state index is 0.0750. The highest BCUT2D eigenvalue weighted by Gasteiger charge is 2.21. The number of nitrogens with zero attached hydrogens (tertiary/aromatic N) is 1. The number of hydrogen-bond donors (Lipinski definition) is 2. The molecule has 0 unspecified atom stereocenters. The van der Waals surface area contributed by atoms with E-state index in [1.54, 1.807) is 36.4 Å². The van der Waals surface area contributed by atoms with Crippen LogP contribution in [0.1, 0.15) is 40.1 Å². The van der Waals surface area contributed by atoms with E-state index in [-0.39, 0.29) is 18.1 Å². The lowest BCUT2D eigenvalue weighted by atomic mass is 10.1. The number of furan rings is 1. The van der Waals surface area contributed by atoms with Crippen LogP contribution in [0.4, 0.5) is 0 Å². The Morgan fingerprint density at radius 3 is 2.42 bits per heavy atom. The maximum Gasteiger partial charge on any atom is 0.268 e. The van der Waals surface area contributed by atoms with Crippen LogP contribution in [0, 0.1) is 0 Å². The summed E-state index contributed by atoms with van der Waals surface area (Å²) in [5.74, 6) is -0.234. The van der Waals surface area contributed by atoms with Gasteiger partial charge in [0.2, 0.25) is 5.91 Å². The third-order valence-electron chi connectivity index (χ3n) is 5.45. The van der Waals surface area contributed by atoms with E-state index in [1.165, 1.54) is 12.3 Å². The number of carbonyl (C=O) groups excluding carboxylic acids is 3. The summed E-state index contributed by atoms with van der Waals surface area (Å²) in [5.41, 5.74) is 2.41. The molecule has 7 nitrogen and oxygen atoms in total.